The van der Waals surface area contributed by atoms with E-state index in [1.807, 2.05) is 0 Å². The lowest BCUT2D eigenvalue weighted by molar-refractivity contribution is -0.104. The average molecular weight is 144 g/mol. The lowest BCUT2D eigenvalue weighted by atomic mass is 10.4. The molecule has 1 heteroatoms. The van der Waals surface area contributed by atoms with Crippen LogP contribution in [0.3, 0.4) is 0 Å². The third-order valence-electron chi connectivity index (χ3n) is 0.740. The van der Waals surface area contributed by atoms with Crippen LogP contribution < -0.4 is 0 Å². The number of aldehydes is 1. The molecule has 1 nitrogen and oxygen atoms in total. The molecule has 0 aliphatic rings. The van der Waals surface area contributed by atoms with E-state index in [0.29, 0.717) is 6.29 Å². The molecule has 54 valence electrons. The minimum absolute atomic E-state index is 0.712. The van der Waals surface area contributed by atoms with Crippen molar-refractivity contribution in [2.75, 3.05) is 0 Å². The standard InChI is InChI=1S/C10H8O/c1-2-3-4-5-6-7-8-9-10-11/h6-10H,1H3/b7-6+,9-8+. The van der Waals surface area contributed by atoms with Crippen LogP contribution in [0.1, 0.15) is 6.92 Å². The first kappa shape index (κ1) is 9.27. The van der Waals surface area contributed by atoms with Crippen LogP contribution in [0.4, 0.5) is 0 Å². The Bertz CT molecular complexity index is 273. The average Bonchev–Trinajstić information content (AvgIpc) is 2.03. The van der Waals surface area contributed by atoms with E-state index in [1.165, 1.54) is 6.08 Å². The van der Waals surface area contributed by atoms with Crippen molar-refractivity contribution in [3.8, 4) is 23.7 Å². The highest BCUT2D eigenvalue weighted by atomic mass is 16.1. The fourth-order valence-corrected chi connectivity index (χ4v) is 0.353. The van der Waals surface area contributed by atoms with Crippen LogP contribution in [0.2, 0.25) is 0 Å². The van der Waals surface area contributed by atoms with Gasteiger partial charge in [-0.3, -0.25) is 4.79 Å². The summed E-state index contributed by atoms with van der Waals surface area (Å²) in [6.45, 7) is 1.73. The molecule has 0 aromatic carbocycles. The summed E-state index contributed by atoms with van der Waals surface area (Å²) < 4.78 is 0. The van der Waals surface area contributed by atoms with Crippen LogP contribution in [0, 0.1) is 23.7 Å². The van der Waals surface area contributed by atoms with Crippen molar-refractivity contribution in [3.05, 3.63) is 24.3 Å². The summed E-state index contributed by atoms with van der Waals surface area (Å²) in [5.41, 5.74) is 0. The molecule has 11 heavy (non-hydrogen) atoms. The predicted octanol–water partition coefficient (Wildman–Crippen LogP) is 1.32. The quantitative estimate of drug-likeness (QED) is 0.247. The molecule has 0 rings (SSSR count). The SMILES string of the molecule is CC#CC#C/C=C/C=C/C=O. The zero-order valence-electron chi connectivity index (χ0n) is 6.29. The predicted molar refractivity (Wildman–Crippen MR) is 45.6 cm³/mol. The van der Waals surface area contributed by atoms with Gasteiger partial charge in [0.05, 0.1) is 0 Å². The Labute approximate surface area is 66.8 Å². The van der Waals surface area contributed by atoms with Crippen molar-refractivity contribution < 1.29 is 4.79 Å². The molecule has 0 unspecified atom stereocenters. The second-order valence-electron chi connectivity index (χ2n) is 1.52. The second-order valence-corrected chi connectivity index (χ2v) is 1.52. The summed E-state index contributed by atoms with van der Waals surface area (Å²) in [6, 6.07) is 0. The number of carbonyl (C=O) groups is 1. The van der Waals surface area contributed by atoms with Crippen LogP contribution in [0.5, 0.6) is 0 Å². The van der Waals surface area contributed by atoms with Crippen molar-refractivity contribution in [2.24, 2.45) is 0 Å². The molecule has 0 radical (unpaired) electrons. The molecule has 0 fully saturated rings. The fourth-order valence-electron chi connectivity index (χ4n) is 0.353. The molecule has 0 aromatic rings. The zero-order chi connectivity index (χ0) is 8.36. The fraction of sp³-hybridized carbons (Fsp3) is 0.100. The molecule has 0 aliphatic carbocycles. The van der Waals surface area contributed by atoms with E-state index in [9.17, 15) is 4.79 Å². The number of allylic oxidation sites excluding steroid dienone is 4. The lowest BCUT2D eigenvalue weighted by Gasteiger charge is -1.64. The summed E-state index contributed by atoms with van der Waals surface area (Å²) in [5.74, 6) is 10.5. The molecular formula is C10H8O. The number of hydrogen-bond donors (Lipinski definition) is 0. The van der Waals surface area contributed by atoms with Gasteiger partial charge in [-0.05, 0) is 30.9 Å². The van der Waals surface area contributed by atoms with Gasteiger partial charge in [-0.15, -0.1) is 0 Å². The molecule has 0 aromatic heterocycles. The molecule has 0 amide bonds. The minimum Gasteiger partial charge on any atom is -0.299 e. The minimum atomic E-state index is 0.712. The smallest absolute Gasteiger partial charge is 0.142 e. The van der Waals surface area contributed by atoms with E-state index >= 15 is 0 Å². The molecule has 0 heterocycles. The van der Waals surface area contributed by atoms with Crippen molar-refractivity contribution in [3.63, 3.8) is 0 Å². The summed E-state index contributed by atoms with van der Waals surface area (Å²) in [5, 5.41) is 0. The highest BCUT2D eigenvalue weighted by Crippen LogP contribution is 1.72. The Hall–Kier alpha value is -1.73. The molecule has 0 bridgehead atoms. The number of hydrogen-bond acceptors (Lipinski definition) is 1. The van der Waals surface area contributed by atoms with Crippen molar-refractivity contribution in [1.82, 2.24) is 0 Å². The Morgan fingerprint density at radius 3 is 2.55 bits per heavy atom. The van der Waals surface area contributed by atoms with Crippen molar-refractivity contribution in [2.45, 2.75) is 6.92 Å². The molecule has 0 N–H and O–H groups in total. The molecule has 0 saturated carbocycles. The summed E-state index contributed by atoms with van der Waals surface area (Å²) in [6.07, 6.45) is 7.03. The monoisotopic (exact) mass is 144 g/mol. The lowest BCUT2D eigenvalue weighted by Crippen LogP contribution is -1.56. The van der Waals surface area contributed by atoms with E-state index in [4.69, 9.17) is 0 Å². The number of rotatable bonds is 2. The summed E-state index contributed by atoms with van der Waals surface area (Å²) >= 11 is 0. The molecular weight excluding hydrogens is 136 g/mol. The largest absolute Gasteiger partial charge is 0.299 e. The van der Waals surface area contributed by atoms with Crippen LogP contribution in [0.25, 0.3) is 0 Å². The topological polar surface area (TPSA) is 17.1 Å². The molecule has 0 spiro atoms. The maximum atomic E-state index is 9.76. The molecule has 0 atom stereocenters. The van der Waals surface area contributed by atoms with E-state index in [1.54, 1.807) is 25.2 Å². The van der Waals surface area contributed by atoms with Gasteiger partial charge in [-0.1, -0.05) is 24.0 Å². The number of carbonyl (C=O) groups excluding carboxylic acids is 1. The third-order valence-corrected chi connectivity index (χ3v) is 0.740. The van der Waals surface area contributed by atoms with E-state index in [2.05, 4.69) is 23.7 Å². The first-order valence-electron chi connectivity index (χ1n) is 3.11. The van der Waals surface area contributed by atoms with Crippen molar-refractivity contribution >= 4 is 6.29 Å². The normalized spacial score (nSPS) is 8.45. The summed E-state index contributed by atoms with van der Waals surface area (Å²) in [4.78, 5) is 9.76. The zero-order valence-corrected chi connectivity index (χ0v) is 6.29. The van der Waals surface area contributed by atoms with Gasteiger partial charge in [0, 0.05) is 0 Å². The highest BCUT2D eigenvalue weighted by molar-refractivity contribution is 5.65. The second kappa shape index (κ2) is 8.27. The third kappa shape index (κ3) is 8.27. The van der Waals surface area contributed by atoms with E-state index < -0.39 is 0 Å². The molecule has 0 saturated heterocycles. The van der Waals surface area contributed by atoms with Gasteiger partial charge in [0.1, 0.15) is 6.29 Å². The van der Waals surface area contributed by atoms with E-state index in [-0.39, 0.29) is 0 Å². The van der Waals surface area contributed by atoms with Gasteiger partial charge in [0.2, 0.25) is 0 Å². The Kier molecular flexibility index (Phi) is 6.97. The van der Waals surface area contributed by atoms with Crippen LogP contribution >= 0.6 is 0 Å². The van der Waals surface area contributed by atoms with Crippen LogP contribution in [0.15, 0.2) is 24.3 Å². The maximum absolute atomic E-state index is 9.76. The summed E-state index contributed by atoms with van der Waals surface area (Å²) in [7, 11) is 0. The Balaban J connectivity index is 3.76. The maximum Gasteiger partial charge on any atom is 0.142 e. The van der Waals surface area contributed by atoms with Gasteiger partial charge < -0.3 is 0 Å². The van der Waals surface area contributed by atoms with Gasteiger partial charge in [-0.2, -0.15) is 0 Å². The van der Waals surface area contributed by atoms with Crippen LogP contribution in [-0.4, -0.2) is 6.29 Å². The van der Waals surface area contributed by atoms with Gasteiger partial charge in [-0.25, -0.2) is 0 Å². The van der Waals surface area contributed by atoms with Gasteiger partial charge in [0.15, 0.2) is 0 Å². The Morgan fingerprint density at radius 2 is 1.91 bits per heavy atom. The molecule has 0 aliphatic heterocycles. The first-order chi connectivity index (χ1) is 5.41. The highest BCUT2D eigenvalue weighted by Gasteiger charge is 1.59. The van der Waals surface area contributed by atoms with Crippen LogP contribution in [-0.2, 0) is 4.79 Å². The van der Waals surface area contributed by atoms with Gasteiger partial charge >= 0.3 is 0 Å². The van der Waals surface area contributed by atoms with Gasteiger partial charge in [0.25, 0.3) is 0 Å². The Morgan fingerprint density at radius 1 is 1.09 bits per heavy atom. The first-order valence-corrected chi connectivity index (χ1v) is 3.11. The van der Waals surface area contributed by atoms with E-state index in [0.717, 1.165) is 0 Å². The van der Waals surface area contributed by atoms with Crippen molar-refractivity contribution in [1.29, 1.82) is 0 Å².